The molecule has 0 unspecified atom stereocenters. The van der Waals surface area contributed by atoms with Crippen molar-refractivity contribution in [1.29, 1.82) is 0 Å². The van der Waals surface area contributed by atoms with Gasteiger partial charge in [-0.15, -0.1) is 0 Å². The first-order valence-corrected chi connectivity index (χ1v) is 11.2. The Morgan fingerprint density at radius 1 is 1.14 bits per heavy atom. The molecule has 1 aromatic heterocycles. The van der Waals surface area contributed by atoms with Crippen LogP contribution in [0.15, 0.2) is 53.3 Å². The highest BCUT2D eigenvalue weighted by Gasteiger charge is 2.24. The average Bonchev–Trinajstić information content (AvgIpc) is 3.10. The van der Waals surface area contributed by atoms with Gasteiger partial charge in [-0.05, 0) is 31.2 Å². The van der Waals surface area contributed by atoms with Crippen LogP contribution < -0.4 is 15.8 Å². The van der Waals surface area contributed by atoms with E-state index in [0.29, 0.717) is 43.4 Å². The molecule has 0 spiro atoms. The van der Waals surface area contributed by atoms with Crippen LogP contribution in [-0.2, 0) is 21.3 Å². The summed E-state index contributed by atoms with van der Waals surface area (Å²) in [5.74, 6) is -1.61. The van der Waals surface area contributed by atoms with Gasteiger partial charge in [0, 0.05) is 26.2 Å². The Hall–Kier alpha value is -4.45. The van der Waals surface area contributed by atoms with E-state index in [1.807, 2.05) is 11.0 Å². The maximum absolute atomic E-state index is 12.9. The monoisotopic (exact) mass is 495 g/mol. The molecule has 1 aliphatic rings. The number of nitro groups is 1. The highest BCUT2D eigenvalue weighted by atomic mass is 16.6. The molecule has 1 N–H and O–H groups in total. The molecule has 1 fully saturated rings. The second-order valence-electron chi connectivity index (χ2n) is 8.12. The molecule has 0 saturated carbocycles. The minimum Gasteiger partial charge on any atom is -0.452 e. The lowest BCUT2D eigenvalue weighted by Gasteiger charge is -2.28. The van der Waals surface area contributed by atoms with Gasteiger partial charge in [0.05, 0.1) is 35.1 Å². The third-order valence-corrected chi connectivity index (χ3v) is 5.91. The van der Waals surface area contributed by atoms with E-state index in [1.54, 1.807) is 42.9 Å². The second-order valence-corrected chi connectivity index (χ2v) is 8.12. The lowest BCUT2D eigenvalue weighted by atomic mass is 10.1. The summed E-state index contributed by atoms with van der Waals surface area (Å²) in [4.78, 5) is 50.8. The Bertz CT molecular complexity index is 1360. The van der Waals surface area contributed by atoms with Crippen LogP contribution in [0.3, 0.4) is 0 Å². The van der Waals surface area contributed by atoms with Crippen LogP contribution >= 0.6 is 0 Å². The number of nitrogens with zero attached hydrogens (tertiary/aromatic N) is 4. The van der Waals surface area contributed by atoms with Crippen molar-refractivity contribution in [1.82, 2.24) is 9.36 Å². The normalized spacial score (nSPS) is 13.3. The molecule has 1 amide bonds. The number of rotatable bonds is 7. The third-order valence-electron chi connectivity index (χ3n) is 5.91. The summed E-state index contributed by atoms with van der Waals surface area (Å²) in [6.45, 7) is 2.90. The van der Waals surface area contributed by atoms with Gasteiger partial charge in [0.25, 0.3) is 17.2 Å². The molecule has 0 atom stereocenters. The van der Waals surface area contributed by atoms with Crippen molar-refractivity contribution in [2.24, 2.45) is 7.05 Å². The number of benzene rings is 2. The number of ether oxygens (including phenoxy) is 2. The number of carbonyl (C=O) groups is 2. The summed E-state index contributed by atoms with van der Waals surface area (Å²) < 4.78 is 13.4. The van der Waals surface area contributed by atoms with Crippen LogP contribution in [0, 0.1) is 17.0 Å². The van der Waals surface area contributed by atoms with Gasteiger partial charge in [-0.25, -0.2) is 9.48 Å². The quantitative estimate of drug-likeness (QED) is 0.299. The van der Waals surface area contributed by atoms with Crippen molar-refractivity contribution in [3.8, 4) is 5.69 Å². The molecule has 4 rings (SSSR count). The minimum absolute atomic E-state index is 0.0613. The predicted molar refractivity (Wildman–Crippen MR) is 131 cm³/mol. The van der Waals surface area contributed by atoms with Crippen LogP contribution in [0.1, 0.15) is 16.1 Å². The maximum Gasteiger partial charge on any atom is 0.338 e. The zero-order chi connectivity index (χ0) is 25.8. The fourth-order valence-corrected chi connectivity index (χ4v) is 3.97. The van der Waals surface area contributed by atoms with Crippen LogP contribution in [0.25, 0.3) is 5.69 Å². The molecule has 0 aliphatic carbocycles. The van der Waals surface area contributed by atoms with E-state index in [4.69, 9.17) is 9.47 Å². The summed E-state index contributed by atoms with van der Waals surface area (Å²) in [7, 11) is 1.69. The second kappa shape index (κ2) is 10.4. The lowest BCUT2D eigenvalue weighted by Crippen LogP contribution is -2.36. The van der Waals surface area contributed by atoms with Gasteiger partial charge in [-0.3, -0.25) is 24.4 Å². The first kappa shape index (κ1) is 24.7. The number of hydrogen-bond donors (Lipinski definition) is 1. The number of esters is 1. The number of amides is 1. The zero-order valence-electron chi connectivity index (χ0n) is 19.8. The van der Waals surface area contributed by atoms with Gasteiger partial charge < -0.3 is 19.7 Å². The number of aromatic nitrogens is 2. The molecule has 36 heavy (non-hydrogen) atoms. The Kier molecular flexibility index (Phi) is 7.15. The highest BCUT2D eigenvalue weighted by molar-refractivity contribution is 5.96. The number of carbonyl (C=O) groups excluding carboxylic acids is 2. The van der Waals surface area contributed by atoms with E-state index < -0.39 is 29.0 Å². The SMILES string of the molecule is Cc1c(NC(=O)COC(=O)c2ccc(N3CCOCC3)c([N+](=O)[O-])c2)c(=O)n(-c2ccccc2)n1C. The molecule has 3 aromatic rings. The van der Waals surface area contributed by atoms with Gasteiger partial charge in [0.1, 0.15) is 11.4 Å². The number of nitro benzene ring substituents is 1. The molecular weight excluding hydrogens is 470 g/mol. The number of hydrogen-bond acceptors (Lipinski definition) is 8. The van der Waals surface area contributed by atoms with Gasteiger partial charge >= 0.3 is 5.97 Å². The molecule has 0 radical (unpaired) electrons. The van der Waals surface area contributed by atoms with E-state index in [9.17, 15) is 24.5 Å². The number of anilines is 2. The van der Waals surface area contributed by atoms with Gasteiger partial charge in [0.15, 0.2) is 6.61 Å². The van der Waals surface area contributed by atoms with Crippen LogP contribution in [-0.4, -0.2) is 59.1 Å². The molecule has 1 saturated heterocycles. The largest absolute Gasteiger partial charge is 0.452 e. The molecule has 1 aliphatic heterocycles. The van der Waals surface area contributed by atoms with Gasteiger partial charge in [0.2, 0.25) is 0 Å². The van der Waals surface area contributed by atoms with Crippen molar-refractivity contribution in [2.75, 3.05) is 43.1 Å². The van der Waals surface area contributed by atoms with Crippen molar-refractivity contribution < 1.29 is 24.0 Å². The number of nitrogens with one attached hydrogen (secondary N) is 1. The summed E-state index contributed by atoms with van der Waals surface area (Å²) in [5, 5.41) is 14.1. The smallest absolute Gasteiger partial charge is 0.338 e. The zero-order valence-corrected chi connectivity index (χ0v) is 19.8. The van der Waals surface area contributed by atoms with Crippen molar-refractivity contribution in [2.45, 2.75) is 6.92 Å². The van der Waals surface area contributed by atoms with Gasteiger partial charge in [-0.2, -0.15) is 0 Å². The van der Waals surface area contributed by atoms with Crippen molar-refractivity contribution in [3.05, 3.63) is 80.3 Å². The lowest BCUT2D eigenvalue weighted by molar-refractivity contribution is -0.384. The molecule has 188 valence electrons. The molecule has 12 heteroatoms. The van der Waals surface area contributed by atoms with Crippen molar-refractivity contribution >= 4 is 28.9 Å². The molecular formula is C24H25N5O7. The Balaban J connectivity index is 1.45. The predicted octanol–water partition coefficient (Wildman–Crippen LogP) is 2.02. The molecule has 2 heterocycles. The Morgan fingerprint density at radius 3 is 2.50 bits per heavy atom. The summed E-state index contributed by atoms with van der Waals surface area (Å²) in [6, 6.07) is 13.0. The first-order chi connectivity index (χ1) is 17.3. The van der Waals surface area contributed by atoms with Gasteiger partial charge in [-0.1, -0.05) is 18.2 Å². The van der Waals surface area contributed by atoms with E-state index in [-0.39, 0.29) is 16.9 Å². The minimum atomic E-state index is -0.895. The standard InChI is InChI=1S/C24H25N5O7/c1-16-22(23(31)28(26(16)2)18-6-4-3-5-7-18)25-21(30)15-36-24(32)17-8-9-19(20(14-17)29(33)34)27-10-12-35-13-11-27/h3-9,14H,10-13,15H2,1-2H3,(H,25,30). The highest BCUT2D eigenvalue weighted by Crippen LogP contribution is 2.30. The summed E-state index contributed by atoms with van der Waals surface area (Å²) in [6.07, 6.45) is 0. The number of morpholine rings is 1. The van der Waals surface area contributed by atoms with E-state index >= 15 is 0 Å². The topological polar surface area (TPSA) is 138 Å². The Morgan fingerprint density at radius 2 is 1.83 bits per heavy atom. The van der Waals surface area contributed by atoms with Crippen LogP contribution in [0.4, 0.5) is 17.1 Å². The number of para-hydroxylation sites is 1. The fourth-order valence-electron chi connectivity index (χ4n) is 3.97. The molecule has 12 nitrogen and oxygen atoms in total. The first-order valence-electron chi connectivity index (χ1n) is 11.2. The molecule has 0 bridgehead atoms. The Labute approximate surface area is 205 Å². The average molecular weight is 495 g/mol. The maximum atomic E-state index is 12.9. The van der Waals surface area contributed by atoms with E-state index in [0.717, 1.165) is 6.07 Å². The summed E-state index contributed by atoms with van der Waals surface area (Å²) in [5.41, 5.74) is 0.848. The van der Waals surface area contributed by atoms with Crippen LogP contribution in [0.5, 0.6) is 0 Å². The summed E-state index contributed by atoms with van der Waals surface area (Å²) >= 11 is 0. The fraction of sp³-hybridized carbons (Fsp3) is 0.292. The van der Waals surface area contributed by atoms with E-state index in [2.05, 4.69) is 5.32 Å². The molecule has 2 aromatic carbocycles. The van der Waals surface area contributed by atoms with Crippen LogP contribution in [0.2, 0.25) is 0 Å². The van der Waals surface area contributed by atoms with E-state index in [1.165, 1.54) is 16.8 Å². The van der Waals surface area contributed by atoms with Crippen molar-refractivity contribution in [3.63, 3.8) is 0 Å². The third kappa shape index (κ3) is 4.98.